The van der Waals surface area contributed by atoms with Crippen LogP contribution in [0.1, 0.15) is 32.0 Å². The number of benzene rings is 2. The zero-order valence-electron chi connectivity index (χ0n) is 15.0. The minimum Gasteiger partial charge on any atom is -0.486 e. The van der Waals surface area contributed by atoms with E-state index in [2.05, 4.69) is 15.8 Å². The maximum atomic E-state index is 12.4. The summed E-state index contributed by atoms with van der Waals surface area (Å²) >= 11 is 0. The minimum absolute atomic E-state index is 0.368. The molecule has 138 valence electrons. The van der Waals surface area contributed by atoms with Crippen LogP contribution in [-0.2, 0) is 0 Å². The molecule has 2 heterocycles. The summed E-state index contributed by atoms with van der Waals surface area (Å²) in [5.74, 6) is 0.299. The molecule has 0 bridgehead atoms. The number of rotatable bonds is 2. The zero-order chi connectivity index (χ0) is 19.0. The largest absolute Gasteiger partial charge is 0.486 e. The first-order valence-corrected chi connectivity index (χ1v) is 8.62. The Bertz CT molecular complexity index is 1050. The Morgan fingerprint density at radius 3 is 2.26 bits per heavy atom. The lowest BCUT2D eigenvalue weighted by Crippen LogP contribution is -2.41. The van der Waals surface area contributed by atoms with E-state index in [0.29, 0.717) is 35.8 Å². The number of aromatic amines is 1. The molecule has 4 rings (SSSR count). The smallest absolute Gasteiger partial charge is 0.269 e. The molecule has 1 aliphatic rings. The van der Waals surface area contributed by atoms with Gasteiger partial charge in [0.15, 0.2) is 11.5 Å². The Hall–Kier alpha value is -3.48. The highest BCUT2D eigenvalue weighted by Gasteiger charge is 2.16. The van der Waals surface area contributed by atoms with Crippen molar-refractivity contribution in [1.82, 2.24) is 15.8 Å². The fourth-order valence-electron chi connectivity index (χ4n) is 3.04. The van der Waals surface area contributed by atoms with Crippen molar-refractivity contribution in [3.05, 3.63) is 58.8 Å². The van der Waals surface area contributed by atoms with E-state index >= 15 is 0 Å². The molecule has 0 saturated heterocycles. The molecule has 7 heteroatoms. The van der Waals surface area contributed by atoms with E-state index in [1.54, 1.807) is 30.3 Å². The van der Waals surface area contributed by atoms with Crippen LogP contribution in [0.25, 0.3) is 10.9 Å². The minimum atomic E-state index is -0.435. The highest BCUT2D eigenvalue weighted by molar-refractivity contribution is 6.01. The number of hydrogen-bond acceptors (Lipinski definition) is 4. The predicted molar refractivity (Wildman–Crippen MR) is 100 cm³/mol. The molecule has 3 aromatic rings. The van der Waals surface area contributed by atoms with Gasteiger partial charge in [0.2, 0.25) is 0 Å². The summed E-state index contributed by atoms with van der Waals surface area (Å²) in [4.78, 5) is 28.0. The first-order chi connectivity index (χ1) is 13.0. The Balaban J connectivity index is 1.46. The van der Waals surface area contributed by atoms with Gasteiger partial charge in [0, 0.05) is 27.7 Å². The summed E-state index contributed by atoms with van der Waals surface area (Å²) in [6.45, 7) is 4.91. The fourth-order valence-corrected chi connectivity index (χ4v) is 3.04. The lowest BCUT2D eigenvalue weighted by atomic mass is 10.1. The van der Waals surface area contributed by atoms with Crippen molar-refractivity contribution < 1.29 is 19.1 Å². The number of H-pyrrole nitrogens is 1. The van der Waals surface area contributed by atoms with Crippen LogP contribution in [0.15, 0.2) is 36.4 Å². The second-order valence-electron chi connectivity index (χ2n) is 6.40. The number of fused-ring (bicyclic) bond motifs is 2. The third-order valence-corrected chi connectivity index (χ3v) is 4.66. The molecule has 0 unspecified atom stereocenters. The Labute approximate surface area is 155 Å². The van der Waals surface area contributed by atoms with Crippen LogP contribution in [0.2, 0.25) is 0 Å². The molecule has 2 amide bonds. The maximum Gasteiger partial charge on any atom is 0.269 e. The van der Waals surface area contributed by atoms with E-state index in [9.17, 15) is 9.59 Å². The molecule has 1 aliphatic heterocycles. The van der Waals surface area contributed by atoms with E-state index in [0.717, 1.165) is 22.2 Å². The van der Waals surface area contributed by atoms with E-state index in [1.165, 1.54) is 0 Å². The molecule has 7 nitrogen and oxygen atoms in total. The molecule has 0 atom stereocenters. The van der Waals surface area contributed by atoms with Crippen LogP contribution in [0, 0.1) is 13.8 Å². The molecule has 2 aromatic carbocycles. The van der Waals surface area contributed by atoms with Gasteiger partial charge in [-0.1, -0.05) is 0 Å². The van der Waals surface area contributed by atoms with Crippen molar-refractivity contribution in [2.24, 2.45) is 0 Å². The van der Waals surface area contributed by atoms with Gasteiger partial charge in [-0.3, -0.25) is 20.4 Å². The molecule has 0 saturated carbocycles. The monoisotopic (exact) mass is 365 g/mol. The maximum absolute atomic E-state index is 12.4. The molecule has 0 spiro atoms. The van der Waals surface area contributed by atoms with Crippen LogP contribution in [0.4, 0.5) is 0 Å². The van der Waals surface area contributed by atoms with Gasteiger partial charge in [-0.15, -0.1) is 0 Å². The van der Waals surface area contributed by atoms with Crippen LogP contribution in [0.3, 0.4) is 0 Å². The van der Waals surface area contributed by atoms with Crippen molar-refractivity contribution in [3.63, 3.8) is 0 Å². The number of nitrogens with one attached hydrogen (secondary N) is 3. The van der Waals surface area contributed by atoms with Crippen molar-refractivity contribution in [1.29, 1.82) is 0 Å². The quantitative estimate of drug-likeness (QED) is 0.609. The van der Waals surface area contributed by atoms with Gasteiger partial charge in [0.05, 0.1) is 0 Å². The summed E-state index contributed by atoms with van der Waals surface area (Å²) in [6, 6.07) is 10.3. The van der Waals surface area contributed by atoms with E-state index in [4.69, 9.17) is 9.47 Å². The van der Waals surface area contributed by atoms with E-state index in [1.807, 2.05) is 19.9 Å². The van der Waals surface area contributed by atoms with Crippen molar-refractivity contribution in [3.8, 4) is 11.5 Å². The second-order valence-corrected chi connectivity index (χ2v) is 6.40. The number of amides is 2. The molecule has 27 heavy (non-hydrogen) atoms. The van der Waals surface area contributed by atoms with Gasteiger partial charge in [0.25, 0.3) is 11.8 Å². The summed E-state index contributed by atoms with van der Waals surface area (Å²) in [6.07, 6.45) is 0. The second kappa shape index (κ2) is 6.68. The number of aromatic nitrogens is 1. The lowest BCUT2D eigenvalue weighted by Gasteiger charge is -2.18. The molecule has 1 aromatic heterocycles. The SMILES string of the molecule is Cc1[nH]c2ccc(C(=O)NNC(=O)c3ccc4c(c3)OCCO4)cc2c1C. The number of hydrogen-bond donors (Lipinski definition) is 3. The van der Waals surface area contributed by atoms with Gasteiger partial charge in [-0.2, -0.15) is 0 Å². The summed E-state index contributed by atoms with van der Waals surface area (Å²) in [5.41, 5.74) is 8.84. The third-order valence-electron chi connectivity index (χ3n) is 4.66. The van der Waals surface area contributed by atoms with Gasteiger partial charge in [-0.25, -0.2) is 0 Å². The Kier molecular flexibility index (Phi) is 4.19. The molecule has 0 fully saturated rings. The summed E-state index contributed by atoms with van der Waals surface area (Å²) in [7, 11) is 0. The van der Waals surface area contributed by atoms with Crippen LogP contribution >= 0.6 is 0 Å². The first kappa shape index (κ1) is 17.0. The van der Waals surface area contributed by atoms with Gasteiger partial charge >= 0.3 is 0 Å². The predicted octanol–water partition coefficient (Wildman–Crippen LogP) is 2.63. The number of aryl methyl sites for hydroxylation is 2. The van der Waals surface area contributed by atoms with Crippen molar-refractivity contribution in [2.75, 3.05) is 13.2 Å². The molecule has 0 aliphatic carbocycles. The Morgan fingerprint density at radius 1 is 0.889 bits per heavy atom. The third kappa shape index (κ3) is 3.19. The number of carbonyl (C=O) groups is 2. The Morgan fingerprint density at radius 2 is 1.52 bits per heavy atom. The zero-order valence-corrected chi connectivity index (χ0v) is 15.0. The fraction of sp³-hybridized carbons (Fsp3) is 0.200. The highest BCUT2D eigenvalue weighted by Crippen LogP contribution is 2.30. The average molecular weight is 365 g/mol. The normalized spacial score (nSPS) is 12.7. The van der Waals surface area contributed by atoms with Gasteiger partial charge in [-0.05, 0) is 55.8 Å². The number of ether oxygens (including phenoxy) is 2. The molecular weight excluding hydrogens is 346 g/mol. The molecule has 0 radical (unpaired) electrons. The van der Waals surface area contributed by atoms with Crippen LogP contribution < -0.4 is 20.3 Å². The lowest BCUT2D eigenvalue weighted by molar-refractivity contribution is 0.0846. The topological polar surface area (TPSA) is 92.5 Å². The van der Waals surface area contributed by atoms with Gasteiger partial charge in [0.1, 0.15) is 13.2 Å². The number of hydrazine groups is 1. The van der Waals surface area contributed by atoms with Crippen LogP contribution in [0.5, 0.6) is 11.5 Å². The standard InChI is InChI=1S/C20H19N3O4/c1-11-12(2)21-16-5-3-13(9-15(11)16)19(24)22-23-20(25)14-4-6-17-18(10-14)27-8-7-26-17/h3-6,9-10,21H,7-8H2,1-2H3,(H,22,24)(H,23,25). The molecular formula is C20H19N3O4. The molecule has 3 N–H and O–H groups in total. The summed E-state index contributed by atoms with van der Waals surface area (Å²) in [5, 5.41) is 0.985. The van der Waals surface area contributed by atoms with Crippen molar-refractivity contribution >= 4 is 22.7 Å². The van der Waals surface area contributed by atoms with Crippen molar-refractivity contribution in [2.45, 2.75) is 13.8 Å². The first-order valence-electron chi connectivity index (χ1n) is 8.62. The van der Waals surface area contributed by atoms with Crippen LogP contribution in [-0.4, -0.2) is 30.0 Å². The van der Waals surface area contributed by atoms with E-state index < -0.39 is 5.91 Å². The number of carbonyl (C=O) groups excluding carboxylic acids is 2. The van der Waals surface area contributed by atoms with E-state index in [-0.39, 0.29) is 5.91 Å². The summed E-state index contributed by atoms with van der Waals surface area (Å²) < 4.78 is 10.9. The highest BCUT2D eigenvalue weighted by atomic mass is 16.6. The average Bonchev–Trinajstić information content (AvgIpc) is 2.98. The van der Waals surface area contributed by atoms with Gasteiger partial charge < -0.3 is 14.5 Å².